The molecule has 0 spiro atoms. The molecule has 2 aromatic heterocycles. The molecule has 3 rings (SSSR count). The third-order valence-electron chi connectivity index (χ3n) is 3.95. The van der Waals surface area contributed by atoms with Crippen molar-refractivity contribution in [2.45, 2.75) is 24.9 Å². The predicted molar refractivity (Wildman–Crippen MR) is 87.7 cm³/mol. The molecule has 1 aliphatic heterocycles. The molecule has 9 heteroatoms. The first-order valence-electron chi connectivity index (χ1n) is 7.62. The van der Waals surface area contributed by atoms with E-state index in [2.05, 4.69) is 15.0 Å². The Morgan fingerprint density at radius 3 is 2.75 bits per heavy atom. The Balaban J connectivity index is 1.77. The third kappa shape index (κ3) is 3.61. The van der Waals surface area contributed by atoms with Crippen molar-refractivity contribution in [1.82, 2.24) is 15.0 Å². The van der Waals surface area contributed by atoms with Crippen molar-refractivity contribution in [2.75, 3.05) is 37.0 Å². The fourth-order valence-corrected chi connectivity index (χ4v) is 3.66. The summed E-state index contributed by atoms with van der Waals surface area (Å²) < 4.78 is 38.2. The zero-order valence-corrected chi connectivity index (χ0v) is 14.2. The lowest BCUT2D eigenvalue weighted by Gasteiger charge is -2.32. The van der Waals surface area contributed by atoms with E-state index in [1.807, 2.05) is 30.0 Å². The summed E-state index contributed by atoms with van der Waals surface area (Å²) in [7, 11) is 3.80. The van der Waals surface area contributed by atoms with Crippen LogP contribution in [0.25, 0.3) is 0 Å². The molecule has 1 atom stereocenters. The summed E-state index contributed by atoms with van der Waals surface area (Å²) in [5, 5.41) is 1.63. The summed E-state index contributed by atoms with van der Waals surface area (Å²) in [5.74, 6) is 1.39. The number of hydrogen-bond donors (Lipinski definition) is 0. The second-order valence-electron chi connectivity index (χ2n) is 5.96. The van der Waals surface area contributed by atoms with Crippen molar-refractivity contribution in [1.29, 1.82) is 0 Å². The van der Waals surface area contributed by atoms with Gasteiger partial charge in [-0.05, 0) is 18.9 Å². The van der Waals surface area contributed by atoms with E-state index < -0.39 is 11.9 Å². The molecule has 0 amide bonds. The Morgan fingerprint density at radius 2 is 2.08 bits per heavy atom. The van der Waals surface area contributed by atoms with Gasteiger partial charge in [-0.3, -0.25) is 0 Å². The summed E-state index contributed by atoms with van der Waals surface area (Å²) >= 11 is 1.08. The number of anilines is 2. The zero-order chi connectivity index (χ0) is 17.3. The summed E-state index contributed by atoms with van der Waals surface area (Å²) in [6, 6.07) is 1.82. The van der Waals surface area contributed by atoms with Crippen LogP contribution in [0.15, 0.2) is 17.6 Å². The highest BCUT2D eigenvalue weighted by atomic mass is 32.1. The lowest BCUT2D eigenvalue weighted by atomic mass is 9.99. The van der Waals surface area contributed by atoms with Crippen LogP contribution in [0.4, 0.5) is 24.9 Å². The molecule has 0 radical (unpaired) electrons. The number of rotatable bonds is 3. The average molecular weight is 357 g/mol. The van der Waals surface area contributed by atoms with Crippen molar-refractivity contribution in [3.63, 3.8) is 0 Å². The maximum atomic E-state index is 12.7. The highest BCUT2D eigenvalue weighted by Gasteiger charge is 2.35. The summed E-state index contributed by atoms with van der Waals surface area (Å²) in [4.78, 5) is 16.5. The van der Waals surface area contributed by atoms with Crippen LogP contribution < -0.4 is 9.80 Å². The number of halogens is 3. The van der Waals surface area contributed by atoms with Crippen LogP contribution in [-0.2, 0) is 6.18 Å². The molecule has 3 heterocycles. The van der Waals surface area contributed by atoms with Gasteiger partial charge in [0.1, 0.15) is 5.82 Å². The maximum Gasteiger partial charge on any atom is 0.434 e. The largest absolute Gasteiger partial charge is 0.434 e. The Hall–Kier alpha value is -1.90. The molecule has 5 nitrogen and oxygen atoms in total. The Morgan fingerprint density at radius 1 is 1.29 bits per heavy atom. The molecule has 0 aromatic carbocycles. The van der Waals surface area contributed by atoms with Gasteiger partial charge < -0.3 is 9.80 Å². The number of nitrogens with zero attached hydrogens (tertiary/aromatic N) is 5. The molecular formula is C15H18F3N5S. The number of piperidine rings is 1. The number of alkyl halides is 3. The molecule has 1 fully saturated rings. The molecule has 0 saturated carbocycles. The molecular weight excluding hydrogens is 339 g/mol. The summed E-state index contributed by atoms with van der Waals surface area (Å²) in [6.45, 7) is 1.38. The second-order valence-corrected chi connectivity index (χ2v) is 6.85. The minimum atomic E-state index is -4.38. The standard InChI is InChI=1S/C15H18F3N5S/c1-22(2)12-5-6-19-14(21-12)23-7-3-4-10(8-23)13-20-11(9-24-13)15(16,17)18/h5-6,9-10H,3-4,7-8H2,1-2H3. The summed E-state index contributed by atoms with van der Waals surface area (Å²) in [6.07, 6.45) is -0.978. The lowest BCUT2D eigenvalue weighted by molar-refractivity contribution is -0.140. The van der Waals surface area contributed by atoms with Crippen LogP contribution in [0.5, 0.6) is 0 Å². The first-order valence-corrected chi connectivity index (χ1v) is 8.50. The van der Waals surface area contributed by atoms with Gasteiger partial charge in [0.2, 0.25) is 5.95 Å². The fourth-order valence-electron chi connectivity index (χ4n) is 2.71. The number of thiazole rings is 1. The predicted octanol–water partition coefficient (Wildman–Crippen LogP) is 3.40. The van der Waals surface area contributed by atoms with Crippen molar-refractivity contribution in [2.24, 2.45) is 0 Å². The minimum absolute atomic E-state index is 0.0218. The van der Waals surface area contributed by atoms with Crippen LogP contribution in [0.1, 0.15) is 29.5 Å². The van der Waals surface area contributed by atoms with Gasteiger partial charge >= 0.3 is 6.18 Å². The van der Waals surface area contributed by atoms with Crippen LogP contribution in [0.2, 0.25) is 0 Å². The van der Waals surface area contributed by atoms with Crippen molar-refractivity contribution < 1.29 is 13.2 Å². The van der Waals surface area contributed by atoms with E-state index in [0.29, 0.717) is 17.5 Å². The molecule has 1 saturated heterocycles. The molecule has 0 aliphatic carbocycles. The molecule has 2 aromatic rings. The third-order valence-corrected chi connectivity index (χ3v) is 4.96. The van der Waals surface area contributed by atoms with Crippen molar-refractivity contribution in [3.8, 4) is 0 Å². The van der Waals surface area contributed by atoms with E-state index >= 15 is 0 Å². The van der Waals surface area contributed by atoms with Crippen molar-refractivity contribution >= 4 is 23.1 Å². The van der Waals surface area contributed by atoms with Gasteiger partial charge in [0, 0.05) is 44.7 Å². The quantitative estimate of drug-likeness (QED) is 0.842. The van der Waals surface area contributed by atoms with Gasteiger partial charge in [-0.1, -0.05) is 0 Å². The highest BCUT2D eigenvalue weighted by molar-refractivity contribution is 7.09. The van der Waals surface area contributed by atoms with E-state index in [4.69, 9.17) is 0 Å². The molecule has 0 N–H and O–H groups in total. The fraction of sp³-hybridized carbons (Fsp3) is 0.533. The van der Waals surface area contributed by atoms with E-state index in [9.17, 15) is 13.2 Å². The second kappa shape index (κ2) is 6.54. The topological polar surface area (TPSA) is 45.2 Å². The van der Waals surface area contributed by atoms with E-state index in [1.54, 1.807) is 6.20 Å². The van der Waals surface area contributed by atoms with E-state index in [-0.39, 0.29) is 5.92 Å². The van der Waals surface area contributed by atoms with Crippen LogP contribution in [0.3, 0.4) is 0 Å². The van der Waals surface area contributed by atoms with Gasteiger partial charge in [0.25, 0.3) is 0 Å². The van der Waals surface area contributed by atoms with Gasteiger partial charge in [0.05, 0.1) is 5.01 Å². The number of aromatic nitrogens is 3. The van der Waals surface area contributed by atoms with Gasteiger partial charge in [0.15, 0.2) is 5.69 Å². The Bertz CT molecular complexity index is 700. The smallest absolute Gasteiger partial charge is 0.363 e. The first-order chi connectivity index (χ1) is 11.3. The Kier molecular flexibility index (Phi) is 4.62. The zero-order valence-electron chi connectivity index (χ0n) is 13.4. The molecule has 24 heavy (non-hydrogen) atoms. The van der Waals surface area contributed by atoms with Crippen LogP contribution in [-0.4, -0.2) is 42.1 Å². The molecule has 1 unspecified atom stereocenters. The van der Waals surface area contributed by atoms with Crippen LogP contribution in [0, 0.1) is 0 Å². The SMILES string of the molecule is CN(C)c1ccnc(N2CCCC(c3nc(C(F)(F)F)cs3)C2)n1. The van der Waals surface area contributed by atoms with Gasteiger partial charge in [-0.2, -0.15) is 18.2 Å². The highest BCUT2D eigenvalue weighted by Crippen LogP contribution is 2.35. The Labute approximate surface area is 142 Å². The minimum Gasteiger partial charge on any atom is -0.363 e. The van der Waals surface area contributed by atoms with Crippen molar-refractivity contribution in [3.05, 3.63) is 28.3 Å². The normalized spacial score (nSPS) is 18.7. The molecule has 130 valence electrons. The monoisotopic (exact) mass is 357 g/mol. The maximum absolute atomic E-state index is 12.7. The molecule has 0 bridgehead atoms. The number of hydrogen-bond acceptors (Lipinski definition) is 6. The van der Waals surface area contributed by atoms with E-state index in [1.165, 1.54) is 0 Å². The van der Waals surface area contributed by atoms with Crippen LogP contribution >= 0.6 is 11.3 Å². The van der Waals surface area contributed by atoms with Gasteiger partial charge in [-0.25, -0.2) is 9.97 Å². The summed E-state index contributed by atoms with van der Waals surface area (Å²) in [5.41, 5.74) is -0.800. The van der Waals surface area contributed by atoms with E-state index in [0.717, 1.165) is 41.9 Å². The average Bonchev–Trinajstić information content (AvgIpc) is 3.05. The first kappa shape index (κ1) is 16.9. The molecule has 1 aliphatic rings. The van der Waals surface area contributed by atoms with Gasteiger partial charge in [-0.15, -0.1) is 11.3 Å². The lowest BCUT2D eigenvalue weighted by Crippen LogP contribution is -2.35.